The number of nitrogen functional groups attached to an aromatic ring is 1. The van der Waals surface area contributed by atoms with Gasteiger partial charge in [0, 0.05) is 18.0 Å². The van der Waals surface area contributed by atoms with E-state index in [1.807, 2.05) is 6.07 Å². The van der Waals surface area contributed by atoms with Crippen LogP contribution in [0, 0.1) is 11.3 Å². The van der Waals surface area contributed by atoms with Gasteiger partial charge < -0.3 is 24.9 Å². The number of nitrogens with zero attached hydrogens (tertiary/aromatic N) is 2. The normalized spacial score (nSPS) is 9.95. The number of ether oxygens (including phenoxy) is 2. The molecule has 21 heavy (non-hydrogen) atoms. The molecule has 0 bridgehead atoms. The second-order valence-electron chi connectivity index (χ2n) is 4.13. The lowest BCUT2D eigenvalue weighted by molar-refractivity contribution is 0.0593. The lowest BCUT2D eigenvalue weighted by Gasteiger charge is -2.10. The highest BCUT2D eigenvalue weighted by atomic mass is 16.5. The summed E-state index contributed by atoms with van der Waals surface area (Å²) in [5, 5.41) is 18.9. The van der Waals surface area contributed by atoms with Crippen LogP contribution < -0.4 is 10.5 Å². The van der Waals surface area contributed by atoms with Crippen molar-refractivity contribution < 1.29 is 19.4 Å². The number of phenols is 1. The van der Waals surface area contributed by atoms with Crippen LogP contribution in [0.25, 0.3) is 5.69 Å². The van der Waals surface area contributed by atoms with Gasteiger partial charge in [0.2, 0.25) is 0 Å². The molecule has 0 aliphatic heterocycles. The summed E-state index contributed by atoms with van der Waals surface area (Å²) in [4.78, 5) is 11.8. The summed E-state index contributed by atoms with van der Waals surface area (Å²) in [6.45, 7) is 0. The molecule has 108 valence electrons. The van der Waals surface area contributed by atoms with Crippen molar-refractivity contribution in [1.29, 1.82) is 5.26 Å². The van der Waals surface area contributed by atoms with Gasteiger partial charge in [0.1, 0.15) is 6.07 Å². The van der Waals surface area contributed by atoms with Crippen LogP contribution in [0.5, 0.6) is 11.5 Å². The minimum Gasteiger partial charge on any atom is -0.504 e. The molecule has 1 heterocycles. The molecule has 0 fully saturated rings. The lowest BCUT2D eigenvalue weighted by Crippen LogP contribution is -2.11. The molecule has 0 amide bonds. The van der Waals surface area contributed by atoms with E-state index in [1.165, 1.54) is 37.1 Å². The third-order valence-electron chi connectivity index (χ3n) is 2.98. The minimum atomic E-state index is -0.677. The first kappa shape index (κ1) is 14.3. The monoisotopic (exact) mass is 287 g/mol. The number of anilines is 1. The van der Waals surface area contributed by atoms with Crippen molar-refractivity contribution >= 4 is 11.7 Å². The predicted octanol–water partition coefficient (Wildman–Crippen LogP) is 1.43. The van der Waals surface area contributed by atoms with Gasteiger partial charge >= 0.3 is 5.97 Å². The van der Waals surface area contributed by atoms with Gasteiger partial charge in [-0.3, -0.25) is 0 Å². The van der Waals surface area contributed by atoms with E-state index < -0.39 is 5.97 Å². The molecule has 1 aromatic heterocycles. The number of carbonyl (C=O) groups excluding carboxylic acids is 1. The molecule has 7 heteroatoms. The molecule has 0 saturated carbocycles. The molecule has 2 aromatic rings. The van der Waals surface area contributed by atoms with Crippen molar-refractivity contribution in [2.24, 2.45) is 0 Å². The summed E-state index contributed by atoms with van der Waals surface area (Å²) in [7, 11) is 2.65. The Hall–Kier alpha value is -3.14. The average Bonchev–Trinajstić information content (AvgIpc) is 2.83. The molecule has 0 aliphatic carbocycles. The van der Waals surface area contributed by atoms with Gasteiger partial charge in [-0.1, -0.05) is 0 Å². The third kappa shape index (κ3) is 2.34. The first-order valence-corrected chi connectivity index (χ1v) is 5.90. The number of carbonyl (C=O) groups is 1. The molecule has 0 spiro atoms. The number of phenolic OH excluding ortho intramolecular Hbond substituents is 1. The summed E-state index contributed by atoms with van der Waals surface area (Å²) in [6, 6.07) is 6.45. The van der Waals surface area contributed by atoms with Crippen molar-refractivity contribution in [3.05, 3.63) is 35.7 Å². The SMILES string of the molecule is COC(=O)c1c(N)c(C#N)cn1-c1ccc(OC)c(O)c1. The van der Waals surface area contributed by atoms with E-state index in [4.69, 9.17) is 15.7 Å². The van der Waals surface area contributed by atoms with E-state index in [0.29, 0.717) is 11.4 Å². The van der Waals surface area contributed by atoms with E-state index in [9.17, 15) is 9.90 Å². The zero-order valence-corrected chi connectivity index (χ0v) is 11.5. The minimum absolute atomic E-state index is 0.0265. The van der Waals surface area contributed by atoms with Crippen LogP contribution in [-0.4, -0.2) is 29.9 Å². The van der Waals surface area contributed by atoms with Crippen LogP contribution in [0.2, 0.25) is 0 Å². The fourth-order valence-electron chi connectivity index (χ4n) is 1.95. The lowest BCUT2D eigenvalue weighted by atomic mass is 10.2. The van der Waals surface area contributed by atoms with E-state index in [0.717, 1.165) is 0 Å². The Morgan fingerprint density at radius 2 is 2.14 bits per heavy atom. The summed E-state index contributed by atoms with van der Waals surface area (Å²) in [5.41, 5.74) is 6.44. The van der Waals surface area contributed by atoms with Crippen molar-refractivity contribution in [3.63, 3.8) is 0 Å². The number of nitriles is 1. The van der Waals surface area contributed by atoms with Crippen LogP contribution in [0.1, 0.15) is 16.1 Å². The van der Waals surface area contributed by atoms with Gasteiger partial charge in [-0.05, 0) is 12.1 Å². The molecule has 0 saturated heterocycles. The molecule has 1 aromatic carbocycles. The molecule has 2 rings (SSSR count). The van der Waals surface area contributed by atoms with E-state index in [1.54, 1.807) is 6.07 Å². The number of aromatic hydroxyl groups is 1. The van der Waals surface area contributed by atoms with Crippen molar-refractivity contribution in [3.8, 4) is 23.3 Å². The number of hydrogen-bond acceptors (Lipinski definition) is 6. The summed E-state index contributed by atoms with van der Waals surface area (Å²) >= 11 is 0. The van der Waals surface area contributed by atoms with Crippen molar-refractivity contribution in [2.45, 2.75) is 0 Å². The van der Waals surface area contributed by atoms with Gasteiger partial charge in [0.25, 0.3) is 0 Å². The number of aromatic nitrogens is 1. The number of hydrogen-bond donors (Lipinski definition) is 2. The summed E-state index contributed by atoms with van der Waals surface area (Å²) < 4.78 is 11.0. The van der Waals surface area contributed by atoms with Gasteiger partial charge in [-0.25, -0.2) is 4.79 Å². The summed E-state index contributed by atoms with van der Waals surface area (Å²) in [6.07, 6.45) is 1.41. The highest BCUT2D eigenvalue weighted by Crippen LogP contribution is 2.31. The van der Waals surface area contributed by atoms with Crippen LogP contribution in [0.15, 0.2) is 24.4 Å². The van der Waals surface area contributed by atoms with E-state index in [-0.39, 0.29) is 22.7 Å². The zero-order chi connectivity index (χ0) is 15.6. The first-order valence-electron chi connectivity index (χ1n) is 5.90. The number of esters is 1. The van der Waals surface area contributed by atoms with Gasteiger partial charge in [0.05, 0.1) is 25.5 Å². The van der Waals surface area contributed by atoms with Crippen LogP contribution in [0.4, 0.5) is 5.69 Å². The Labute approximate surface area is 120 Å². The number of methoxy groups -OCH3 is 2. The molecular formula is C14H13N3O4. The number of nitrogens with two attached hydrogens (primary N) is 1. The molecular weight excluding hydrogens is 274 g/mol. The number of benzene rings is 1. The molecule has 0 aliphatic rings. The predicted molar refractivity (Wildman–Crippen MR) is 74.5 cm³/mol. The highest BCUT2D eigenvalue weighted by molar-refractivity contribution is 5.96. The van der Waals surface area contributed by atoms with Crippen molar-refractivity contribution in [2.75, 3.05) is 20.0 Å². The third-order valence-corrected chi connectivity index (χ3v) is 2.98. The van der Waals surface area contributed by atoms with E-state index in [2.05, 4.69) is 4.74 Å². The number of rotatable bonds is 3. The average molecular weight is 287 g/mol. The van der Waals surface area contributed by atoms with Crippen LogP contribution in [-0.2, 0) is 4.74 Å². The molecule has 3 N–H and O–H groups in total. The van der Waals surface area contributed by atoms with Crippen molar-refractivity contribution in [1.82, 2.24) is 4.57 Å². The van der Waals surface area contributed by atoms with Crippen LogP contribution in [0.3, 0.4) is 0 Å². The van der Waals surface area contributed by atoms with Gasteiger partial charge in [-0.2, -0.15) is 5.26 Å². The summed E-state index contributed by atoms with van der Waals surface area (Å²) in [5.74, 6) is -0.486. The fourth-order valence-corrected chi connectivity index (χ4v) is 1.95. The highest BCUT2D eigenvalue weighted by Gasteiger charge is 2.22. The maximum absolute atomic E-state index is 11.8. The van der Waals surface area contributed by atoms with Crippen LogP contribution >= 0.6 is 0 Å². The Balaban J connectivity index is 2.66. The Morgan fingerprint density at radius 1 is 1.43 bits per heavy atom. The molecule has 0 radical (unpaired) electrons. The first-order chi connectivity index (χ1) is 10.0. The van der Waals surface area contributed by atoms with Gasteiger partial charge in [0.15, 0.2) is 17.2 Å². The second kappa shape index (κ2) is 5.46. The maximum atomic E-state index is 11.8. The fraction of sp³-hybridized carbons (Fsp3) is 0.143. The molecule has 0 atom stereocenters. The van der Waals surface area contributed by atoms with Gasteiger partial charge in [-0.15, -0.1) is 0 Å². The van der Waals surface area contributed by atoms with E-state index >= 15 is 0 Å². The quantitative estimate of drug-likeness (QED) is 0.826. The molecule has 0 unspecified atom stereocenters. The smallest absolute Gasteiger partial charge is 0.357 e. The standard InChI is InChI=1S/C14H13N3O4/c1-20-11-4-3-9(5-10(11)18)17-7-8(6-15)12(16)13(17)14(19)21-2/h3-5,7,18H,16H2,1-2H3. The Morgan fingerprint density at radius 3 is 2.67 bits per heavy atom. The maximum Gasteiger partial charge on any atom is 0.357 e. The largest absolute Gasteiger partial charge is 0.504 e. The Bertz CT molecular complexity index is 743. The molecule has 7 nitrogen and oxygen atoms in total. The zero-order valence-electron chi connectivity index (χ0n) is 11.5. The topological polar surface area (TPSA) is 110 Å². The Kier molecular flexibility index (Phi) is 3.71. The second-order valence-corrected chi connectivity index (χ2v) is 4.13.